The van der Waals surface area contributed by atoms with Gasteiger partial charge in [-0.25, -0.2) is 13.6 Å². The van der Waals surface area contributed by atoms with Gasteiger partial charge in [0, 0.05) is 39.3 Å². The Balaban J connectivity index is 1.43. The molecule has 1 aromatic carbocycles. The van der Waals surface area contributed by atoms with E-state index in [1.807, 2.05) is 0 Å². The molecule has 10 nitrogen and oxygen atoms in total. The number of benzene rings is 1. The van der Waals surface area contributed by atoms with Gasteiger partial charge in [0.1, 0.15) is 28.8 Å². The summed E-state index contributed by atoms with van der Waals surface area (Å²) in [5.41, 5.74) is 5.39. The fourth-order valence-corrected chi connectivity index (χ4v) is 4.61. The number of piperazine rings is 1. The molecule has 1 aliphatic rings. The lowest BCUT2D eigenvalue weighted by Crippen LogP contribution is -2.47. The molecule has 1 aromatic heterocycles. The first-order chi connectivity index (χ1) is 17.3. The van der Waals surface area contributed by atoms with Gasteiger partial charge in [-0.3, -0.25) is 15.0 Å². The van der Waals surface area contributed by atoms with E-state index in [1.165, 1.54) is 12.1 Å². The quantitative estimate of drug-likeness (QED) is 0.311. The van der Waals surface area contributed by atoms with E-state index in [9.17, 15) is 18.4 Å². The topological polar surface area (TPSA) is 133 Å². The molecule has 0 unspecified atom stereocenters. The Kier molecular flexibility index (Phi) is 10.3. The van der Waals surface area contributed by atoms with Crippen molar-refractivity contribution in [3.05, 3.63) is 40.5 Å². The number of unbranched alkanes of at least 4 members (excludes halogenated alkanes) is 1. The molecule has 0 saturated carbocycles. The predicted octanol–water partition coefficient (Wildman–Crippen LogP) is 1.92. The normalized spacial score (nSPS) is 14.6. The number of primary amides is 1. The van der Waals surface area contributed by atoms with E-state index in [0.717, 1.165) is 57.1 Å². The van der Waals surface area contributed by atoms with Crippen molar-refractivity contribution in [2.75, 3.05) is 57.7 Å². The molecule has 0 spiro atoms. The third-order valence-electron chi connectivity index (χ3n) is 5.84. The minimum atomic E-state index is -0.891. The number of halogens is 2. The van der Waals surface area contributed by atoms with Gasteiger partial charge in [-0.1, -0.05) is 0 Å². The molecule has 0 bridgehead atoms. The summed E-state index contributed by atoms with van der Waals surface area (Å²) in [5.74, 6) is -2.64. The average molecular weight is 527 g/mol. The number of nitrogens with zero attached hydrogens (tertiary/aromatic N) is 3. The molecule has 36 heavy (non-hydrogen) atoms. The van der Waals surface area contributed by atoms with Gasteiger partial charge in [-0.2, -0.15) is 4.37 Å². The van der Waals surface area contributed by atoms with Crippen LogP contribution in [0.2, 0.25) is 0 Å². The predicted molar refractivity (Wildman–Crippen MR) is 132 cm³/mol. The van der Waals surface area contributed by atoms with E-state index in [-0.39, 0.29) is 28.6 Å². The summed E-state index contributed by atoms with van der Waals surface area (Å²) in [6, 6.07) is 1.82. The first kappa shape index (κ1) is 27.7. The Hall–Kier alpha value is -2.87. The number of aliphatic hydroxyl groups is 1. The van der Waals surface area contributed by atoms with Crippen molar-refractivity contribution in [3.63, 3.8) is 0 Å². The van der Waals surface area contributed by atoms with Gasteiger partial charge in [-0.15, -0.1) is 0 Å². The largest absolute Gasteiger partial charge is 0.471 e. The lowest BCUT2D eigenvalue weighted by Gasteiger charge is -2.34. The summed E-state index contributed by atoms with van der Waals surface area (Å²) in [5, 5.41) is 14.4. The second-order valence-electron chi connectivity index (χ2n) is 8.55. The number of urea groups is 1. The zero-order valence-electron chi connectivity index (χ0n) is 20.2. The van der Waals surface area contributed by atoms with E-state index >= 15 is 0 Å². The highest BCUT2D eigenvalue weighted by Gasteiger charge is 2.23. The van der Waals surface area contributed by atoms with Crippen molar-refractivity contribution in [2.24, 2.45) is 5.73 Å². The number of hydrogen-bond donors (Lipinski definition) is 4. The monoisotopic (exact) mass is 526 g/mol. The van der Waals surface area contributed by atoms with E-state index in [2.05, 4.69) is 24.8 Å². The van der Waals surface area contributed by atoms with Crippen molar-refractivity contribution >= 4 is 28.5 Å². The number of anilines is 1. The lowest BCUT2D eigenvalue weighted by atomic mass is 10.1. The number of rotatable bonds is 12. The molecule has 1 fully saturated rings. The maximum atomic E-state index is 14.1. The van der Waals surface area contributed by atoms with Crippen LogP contribution in [0, 0.1) is 18.6 Å². The molecule has 3 rings (SSSR count). The summed E-state index contributed by atoms with van der Waals surface area (Å²) in [6.07, 6.45) is 1.69. The number of carbonyl (C=O) groups is 2. The van der Waals surface area contributed by atoms with Crippen LogP contribution in [0.15, 0.2) is 12.1 Å². The minimum absolute atomic E-state index is 0.0839. The first-order valence-corrected chi connectivity index (χ1v) is 12.5. The Morgan fingerprint density at radius 2 is 1.78 bits per heavy atom. The van der Waals surface area contributed by atoms with Crippen molar-refractivity contribution in [1.82, 2.24) is 19.5 Å². The fraction of sp³-hybridized carbons (Fsp3) is 0.522. The van der Waals surface area contributed by atoms with Crippen molar-refractivity contribution < 1.29 is 28.2 Å². The summed E-state index contributed by atoms with van der Waals surface area (Å²) >= 11 is 0.783. The molecule has 2 heterocycles. The number of nitrogens with two attached hydrogens (primary N) is 1. The Morgan fingerprint density at radius 1 is 1.14 bits per heavy atom. The number of nitrogens with one attached hydrogen (secondary N) is 2. The van der Waals surface area contributed by atoms with Crippen LogP contribution in [0.1, 0.15) is 34.3 Å². The van der Waals surface area contributed by atoms with Gasteiger partial charge < -0.3 is 25.8 Å². The maximum absolute atomic E-state index is 14.1. The molecule has 0 aliphatic carbocycles. The molecular weight excluding hydrogens is 494 g/mol. The van der Waals surface area contributed by atoms with E-state index in [4.69, 9.17) is 15.6 Å². The van der Waals surface area contributed by atoms with Gasteiger partial charge in [0.15, 0.2) is 0 Å². The number of aromatic nitrogens is 1. The molecular formula is C23H32F2N6O4S. The number of aliphatic hydroxyl groups excluding tert-OH is 1. The van der Waals surface area contributed by atoms with Gasteiger partial charge in [0.05, 0.1) is 12.2 Å². The van der Waals surface area contributed by atoms with Gasteiger partial charge in [0.2, 0.25) is 5.88 Å². The number of aryl methyl sites for hydroxylation is 1. The third kappa shape index (κ3) is 7.82. The van der Waals surface area contributed by atoms with Gasteiger partial charge in [-0.05, 0) is 55.5 Å². The van der Waals surface area contributed by atoms with Crippen LogP contribution in [0.25, 0.3) is 0 Å². The summed E-state index contributed by atoms with van der Waals surface area (Å²) in [4.78, 5) is 28.8. The Morgan fingerprint density at radius 3 is 2.39 bits per heavy atom. The van der Waals surface area contributed by atoms with Crippen LogP contribution in [-0.2, 0) is 6.61 Å². The molecule has 198 valence electrons. The molecule has 0 atom stereocenters. The molecule has 3 amide bonds. The SMILES string of the molecule is Cc1cc(F)c(COc2nsc(NC(=O)NCCCCN3CCN(CCO)CC3)c2C(N)=O)c(F)c1. The second kappa shape index (κ2) is 13.4. The van der Waals surface area contributed by atoms with Crippen LogP contribution in [0.5, 0.6) is 5.88 Å². The maximum Gasteiger partial charge on any atom is 0.319 e. The van der Waals surface area contributed by atoms with Crippen molar-refractivity contribution in [2.45, 2.75) is 26.4 Å². The smallest absolute Gasteiger partial charge is 0.319 e. The second-order valence-corrected chi connectivity index (χ2v) is 9.32. The molecule has 1 aliphatic heterocycles. The Labute approximate surface area is 212 Å². The molecule has 5 N–H and O–H groups in total. The number of β-amino-alcohol motifs (C(OH)–C–C–N with tert-alkyl or cyclic N) is 1. The summed E-state index contributed by atoms with van der Waals surface area (Å²) in [7, 11) is 0. The standard InChI is InChI=1S/C23H32F2N6O4S/c1-15-12-17(24)16(18(25)13-15)14-35-21-19(20(26)33)22(36-29-21)28-23(34)27-4-2-3-5-30-6-8-31(9-7-30)10-11-32/h12-13,32H,2-11,14H2,1H3,(H2,26,33)(H2,27,28,34). The van der Waals surface area contributed by atoms with E-state index < -0.39 is 30.2 Å². The fourth-order valence-electron chi connectivity index (χ4n) is 3.87. The van der Waals surface area contributed by atoms with E-state index in [0.29, 0.717) is 18.7 Å². The highest BCUT2D eigenvalue weighted by molar-refractivity contribution is 7.11. The highest BCUT2D eigenvalue weighted by atomic mass is 32.1. The molecule has 13 heteroatoms. The number of ether oxygens (including phenoxy) is 1. The van der Waals surface area contributed by atoms with Gasteiger partial charge in [0.25, 0.3) is 5.91 Å². The van der Waals surface area contributed by atoms with Crippen LogP contribution < -0.4 is 21.1 Å². The summed E-state index contributed by atoms with van der Waals surface area (Å²) < 4.78 is 37.5. The Bertz CT molecular complexity index is 1020. The third-order valence-corrected chi connectivity index (χ3v) is 6.59. The van der Waals surface area contributed by atoms with Crippen LogP contribution in [-0.4, -0.2) is 83.6 Å². The number of carbonyl (C=O) groups excluding carboxylic acids is 2. The minimum Gasteiger partial charge on any atom is -0.471 e. The van der Waals surface area contributed by atoms with Crippen LogP contribution in [0.3, 0.4) is 0 Å². The summed E-state index contributed by atoms with van der Waals surface area (Å²) in [6.45, 7) is 7.14. The molecule has 1 saturated heterocycles. The van der Waals surface area contributed by atoms with Crippen molar-refractivity contribution in [3.8, 4) is 5.88 Å². The zero-order valence-corrected chi connectivity index (χ0v) is 21.0. The molecule has 0 radical (unpaired) electrons. The van der Waals surface area contributed by atoms with E-state index in [1.54, 1.807) is 6.92 Å². The number of hydrogen-bond acceptors (Lipinski definition) is 8. The lowest BCUT2D eigenvalue weighted by molar-refractivity contribution is 0.0996. The van der Waals surface area contributed by atoms with Crippen LogP contribution >= 0.6 is 11.5 Å². The van der Waals surface area contributed by atoms with Gasteiger partial charge >= 0.3 is 6.03 Å². The number of amides is 3. The zero-order chi connectivity index (χ0) is 26.1. The average Bonchev–Trinajstić information content (AvgIpc) is 3.22. The van der Waals surface area contributed by atoms with Crippen molar-refractivity contribution in [1.29, 1.82) is 0 Å². The highest BCUT2D eigenvalue weighted by Crippen LogP contribution is 2.31. The molecule has 2 aromatic rings. The van der Waals surface area contributed by atoms with Crippen LogP contribution in [0.4, 0.5) is 18.6 Å². The first-order valence-electron chi connectivity index (χ1n) is 11.8.